The van der Waals surface area contributed by atoms with Crippen LogP contribution in [0.3, 0.4) is 0 Å². The standard InChI is InChI=1S/C38H40N8O7/c1-20-6-11-30(46(20)33(48)18-41-38(50)52-3)35-39-16-28(43-35)22-7-9-24-23(13-22)19-53-31-15-25-21(14-26(24)31)8-10-27-34(25)44-36(42-27)29-5-4-12-45(29)32(47)17-40-37(49)51-2/h7-10,13-16,20,29-30H,4-6,11-12,17-19H2,1-3H3,(H,39,43)(H,40,49)(H,41,50)(H,42,44)/t20-,29-,30-/m0/s1. The van der Waals surface area contributed by atoms with Crippen molar-refractivity contribution in [3.63, 3.8) is 0 Å². The first-order valence-electron chi connectivity index (χ1n) is 17.7. The van der Waals surface area contributed by atoms with Crippen molar-refractivity contribution in [2.24, 2.45) is 0 Å². The summed E-state index contributed by atoms with van der Waals surface area (Å²) in [5.74, 6) is 1.82. The minimum Gasteiger partial charge on any atom is -0.488 e. The van der Waals surface area contributed by atoms with Gasteiger partial charge in [0.15, 0.2) is 0 Å². The van der Waals surface area contributed by atoms with Gasteiger partial charge in [0.2, 0.25) is 11.8 Å². The van der Waals surface area contributed by atoms with Crippen molar-refractivity contribution in [1.82, 2.24) is 40.4 Å². The van der Waals surface area contributed by atoms with E-state index in [0.29, 0.717) is 24.8 Å². The second kappa shape index (κ2) is 13.8. The number of hydrogen-bond acceptors (Lipinski definition) is 9. The highest BCUT2D eigenvalue weighted by Crippen LogP contribution is 2.43. The lowest BCUT2D eigenvalue weighted by Gasteiger charge is -2.27. The lowest BCUT2D eigenvalue weighted by molar-refractivity contribution is -0.133. The van der Waals surface area contributed by atoms with Gasteiger partial charge in [-0.15, -0.1) is 0 Å². The average molecular weight is 721 g/mol. The summed E-state index contributed by atoms with van der Waals surface area (Å²) in [5.41, 5.74) is 6.60. The summed E-state index contributed by atoms with van der Waals surface area (Å²) in [5, 5.41) is 6.97. The third-order valence-electron chi connectivity index (χ3n) is 10.6. The molecule has 0 aliphatic carbocycles. The van der Waals surface area contributed by atoms with Crippen LogP contribution in [-0.4, -0.2) is 93.6 Å². The van der Waals surface area contributed by atoms with E-state index in [1.807, 2.05) is 13.0 Å². The van der Waals surface area contributed by atoms with Crippen LogP contribution in [0.25, 0.3) is 44.2 Å². The molecule has 3 aliphatic rings. The summed E-state index contributed by atoms with van der Waals surface area (Å²) < 4.78 is 15.6. The van der Waals surface area contributed by atoms with Gasteiger partial charge in [0.25, 0.3) is 0 Å². The molecule has 4 amide bonds. The molecule has 3 aromatic carbocycles. The fourth-order valence-corrected chi connectivity index (χ4v) is 7.95. The number of benzene rings is 3. The summed E-state index contributed by atoms with van der Waals surface area (Å²) in [7, 11) is 2.53. The highest BCUT2D eigenvalue weighted by atomic mass is 16.5. The molecule has 2 fully saturated rings. The molecule has 5 aromatic rings. The van der Waals surface area contributed by atoms with Crippen LogP contribution in [0.5, 0.6) is 5.75 Å². The molecule has 0 unspecified atom stereocenters. The van der Waals surface area contributed by atoms with Crippen molar-refractivity contribution in [3.05, 3.63) is 65.9 Å². The molecule has 274 valence electrons. The number of nitrogens with one attached hydrogen (secondary N) is 4. The van der Waals surface area contributed by atoms with Crippen molar-refractivity contribution < 1.29 is 33.4 Å². The van der Waals surface area contributed by atoms with Crippen LogP contribution in [-0.2, 0) is 25.7 Å². The van der Waals surface area contributed by atoms with Crippen LogP contribution in [0.1, 0.15) is 61.9 Å². The number of H-pyrrole nitrogens is 2. The molecule has 0 radical (unpaired) electrons. The van der Waals surface area contributed by atoms with Crippen molar-refractivity contribution in [1.29, 1.82) is 0 Å². The van der Waals surface area contributed by atoms with E-state index in [0.717, 1.165) is 81.2 Å². The van der Waals surface area contributed by atoms with Gasteiger partial charge >= 0.3 is 12.2 Å². The zero-order chi connectivity index (χ0) is 36.8. The van der Waals surface area contributed by atoms with Gasteiger partial charge in [0.1, 0.15) is 37.1 Å². The van der Waals surface area contributed by atoms with E-state index in [1.165, 1.54) is 14.2 Å². The first-order valence-corrected chi connectivity index (χ1v) is 17.7. The number of ether oxygens (including phenoxy) is 3. The second-order valence-corrected chi connectivity index (χ2v) is 13.7. The number of alkyl carbamates (subject to hydrolysis) is 2. The Hall–Kier alpha value is -6.12. The molecule has 2 aromatic heterocycles. The number of hydrogen-bond donors (Lipinski definition) is 4. The average Bonchev–Trinajstić information content (AvgIpc) is 4.00. The number of likely N-dealkylation sites (tertiary alicyclic amines) is 2. The van der Waals surface area contributed by atoms with Gasteiger partial charge in [-0.2, -0.15) is 0 Å². The first-order chi connectivity index (χ1) is 25.7. The Labute approximate surface area is 304 Å². The first kappa shape index (κ1) is 34.0. The van der Waals surface area contributed by atoms with Gasteiger partial charge in [-0.3, -0.25) is 9.59 Å². The molecular weight excluding hydrogens is 680 g/mol. The largest absolute Gasteiger partial charge is 0.488 e. The van der Waals surface area contributed by atoms with Crippen molar-refractivity contribution in [2.45, 2.75) is 57.3 Å². The third-order valence-corrected chi connectivity index (χ3v) is 10.6. The Balaban J connectivity index is 1.03. The Morgan fingerprint density at radius 1 is 0.887 bits per heavy atom. The summed E-state index contributed by atoms with van der Waals surface area (Å²) in [6.07, 6.45) is 3.72. The lowest BCUT2D eigenvalue weighted by atomic mass is 9.92. The molecule has 15 nitrogen and oxygen atoms in total. The maximum atomic E-state index is 13.0. The van der Waals surface area contributed by atoms with Gasteiger partial charge in [-0.05, 0) is 78.9 Å². The lowest BCUT2D eigenvalue weighted by Crippen LogP contribution is -2.43. The smallest absolute Gasteiger partial charge is 0.407 e. The number of methoxy groups -OCH3 is 2. The van der Waals surface area contributed by atoms with Crippen LogP contribution in [0, 0.1) is 0 Å². The summed E-state index contributed by atoms with van der Waals surface area (Å²) in [6, 6.07) is 14.1. The Kier molecular flexibility index (Phi) is 8.84. The quantitative estimate of drug-likeness (QED) is 0.178. The number of amides is 4. The van der Waals surface area contributed by atoms with E-state index in [1.54, 1.807) is 16.0 Å². The number of aromatic amines is 2. The molecule has 3 aliphatic heterocycles. The van der Waals surface area contributed by atoms with Gasteiger partial charge in [-0.25, -0.2) is 19.6 Å². The van der Waals surface area contributed by atoms with E-state index < -0.39 is 12.2 Å². The van der Waals surface area contributed by atoms with Crippen LogP contribution in [0.15, 0.2) is 48.7 Å². The maximum Gasteiger partial charge on any atom is 0.407 e. The van der Waals surface area contributed by atoms with E-state index in [-0.39, 0.29) is 43.0 Å². The Morgan fingerprint density at radius 2 is 1.68 bits per heavy atom. The van der Waals surface area contributed by atoms with Gasteiger partial charge in [0.05, 0.1) is 49.2 Å². The second-order valence-electron chi connectivity index (χ2n) is 13.7. The number of aromatic nitrogens is 4. The monoisotopic (exact) mass is 720 g/mol. The van der Waals surface area contributed by atoms with Gasteiger partial charge < -0.3 is 44.6 Å². The predicted octanol–water partition coefficient (Wildman–Crippen LogP) is 5.09. The molecule has 0 saturated carbocycles. The highest BCUT2D eigenvalue weighted by Gasteiger charge is 2.37. The molecule has 2 saturated heterocycles. The molecule has 3 atom stereocenters. The zero-order valence-corrected chi connectivity index (χ0v) is 29.7. The van der Waals surface area contributed by atoms with E-state index in [2.05, 4.69) is 71.5 Å². The maximum absolute atomic E-state index is 13.0. The van der Waals surface area contributed by atoms with Crippen LogP contribution in [0.4, 0.5) is 9.59 Å². The summed E-state index contributed by atoms with van der Waals surface area (Å²) in [4.78, 5) is 69.1. The minimum absolute atomic E-state index is 0.0143. The number of fused-ring (bicyclic) bond motifs is 6. The molecular formula is C38H40N8O7. The molecule has 0 spiro atoms. The Bertz CT molecular complexity index is 2260. The van der Waals surface area contributed by atoms with Gasteiger partial charge in [0, 0.05) is 23.5 Å². The normalized spacial score (nSPS) is 19.1. The molecule has 4 N–H and O–H groups in total. The number of nitrogens with zero attached hydrogens (tertiary/aromatic N) is 4. The van der Waals surface area contributed by atoms with Crippen LogP contribution >= 0.6 is 0 Å². The highest BCUT2D eigenvalue weighted by molar-refractivity contribution is 6.07. The molecule has 5 heterocycles. The number of carbonyl (C=O) groups excluding carboxylic acids is 4. The molecule has 8 rings (SSSR count). The number of imidazole rings is 2. The SMILES string of the molecule is COC(=O)NCC(=O)N1CCC[C@H]1c1nc2ccc3cc4c(cc3c2[nH]1)OCc1cc(-c2cnc([C@@H]3CC[C@H](C)N3C(=O)CNC(=O)OC)[nH]2)ccc1-4. The molecule has 15 heteroatoms. The third kappa shape index (κ3) is 6.25. The van der Waals surface area contributed by atoms with Crippen molar-refractivity contribution >= 4 is 45.8 Å². The Morgan fingerprint density at radius 3 is 2.47 bits per heavy atom. The number of carbonyl (C=O) groups is 4. The molecule has 0 bridgehead atoms. The van der Waals surface area contributed by atoms with E-state index in [4.69, 9.17) is 9.72 Å². The fraction of sp³-hybridized carbons (Fsp3) is 0.368. The molecule has 53 heavy (non-hydrogen) atoms. The van der Waals surface area contributed by atoms with Crippen LogP contribution < -0.4 is 15.4 Å². The zero-order valence-electron chi connectivity index (χ0n) is 29.7. The van der Waals surface area contributed by atoms with Crippen LogP contribution in [0.2, 0.25) is 0 Å². The topological polar surface area (TPSA) is 184 Å². The summed E-state index contributed by atoms with van der Waals surface area (Å²) >= 11 is 0. The van der Waals surface area contributed by atoms with Crippen molar-refractivity contribution in [3.8, 4) is 28.1 Å². The van der Waals surface area contributed by atoms with E-state index in [9.17, 15) is 19.2 Å². The summed E-state index contributed by atoms with van der Waals surface area (Å²) in [6.45, 7) is 2.70. The minimum atomic E-state index is -0.644. The fourth-order valence-electron chi connectivity index (χ4n) is 7.95. The van der Waals surface area contributed by atoms with Gasteiger partial charge in [-0.1, -0.05) is 18.2 Å². The predicted molar refractivity (Wildman–Crippen MR) is 194 cm³/mol. The van der Waals surface area contributed by atoms with E-state index >= 15 is 0 Å². The number of rotatable bonds is 7. The van der Waals surface area contributed by atoms with Crippen molar-refractivity contribution in [2.75, 3.05) is 33.9 Å².